The lowest BCUT2D eigenvalue weighted by atomic mass is 9.70. The van der Waals surface area contributed by atoms with Gasteiger partial charge in [0.1, 0.15) is 0 Å². The zero-order valence-electron chi connectivity index (χ0n) is 15.1. The Morgan fingerprint density at radius 1 is 1.19 bits per heavy atom. The minimum absolute atomic E-state index is 0.0331. The fourth-order valence-electron chi connectivity index (χ4n) is 3.94. The molecule has 0 unspecified atom stereocenters. The molecule has 1 saturated heterocycles. The van der Waals surface area contributed by atoms with Crippen molar-refractivity contribution < 1.29 is 0 Å². The third-order valence-electron chi connectivity index (χ3n) is 5.49. The average molecular weight is 368 g/mol. The highest BCUT2D eigenvalue weighted by atomic mass is 32.1. The van der Waals surface area contributed by atoms with Crippen LogP contribution in [0.4, 0.5) is 5.13 Å². The van der Waals surface area contributed by atoms with Crippen LogP contribution in [0.3, 0.4) is 0 Å². The molecule has 0 radical (unpaired) electrons. The first-order valence-corrected chi connectivity index (χ1v) is 10.1. The Balaban J connectivity index is 1.54. The Hall–Kier alpha value is -2.18. The molecule has 0 bridgehead atoms. The molecule has 1 aliphatic heterocycles. The minimum Gasteiger partial charge on any atom is -0.375 e. The van der Waals surface area contributed by atoms with Crippen molar-refractivity contribution in [2.75, 3.05) is 18.8 Å². The van der Waals surface area contributed by atoms with Gasteiger partial charge < -0.3 is 10.3 Å². The van der Waals surface area contributed by atoms with Crippen LogP contribution in [0.5, 0.6) is 0 Å². The van der Waals surface area contributed by atoms with Crippen molar-refractivity contribution in [1.82, 2.24) is 19.4 Å². The van der Waals surface area contributed by atoms with Gasteiger partial charge in [-0.3, -0.25) is 4.90 Å². The monoisotopic (exact) mass is 367 g/mol. The molecule has 3 aromatic rings. The van der Waals surface area contributed by atoms with E-state index in [0.717, 1.165) is 50.4 Å². The third-order valence-corrected chi connectivity index (χ3v) is 6.16. The average Bonchev–Trinajstić information content (AvgIpc) is 3.32. The molecule has 0 amide bonds. The van der Waals surface area contributed by atoms with E-state index in [1.807, 2.05) is 6.33 Å². The fourth-order valence-corrected chi connectivity index (χ4v) is 4.60. The molecule has 3 heterocycles. The summed E-state index contributed by atoms with van der Waals surface area (Å²) in [5, 5.41) is 2.80. The van der Waals surface area contributed by atoms with E-state index in [1.165, 1.54) is 5.56 Å². The van der Waals surface area contributed by atoms with Crippen LogP contribution < -0.4 is 5.73 Å². The van der Waals surface area contributed by atoms with Crippen LogP contribution in [-0.2, 0) is 18.5 Å². The number of thiazole rings is 1. The number of aromatic nitrogens is 3. The van der Waals surface area contributed by atoms with Gasteiger partial charge in [-0.15, -0.1) is 11.3 Å². The lowest BCUT2D eigenvalue weighted by Gasteiger charge is -2.41. The van der Waals surface area contributed by atoms with Gasteiger partial charge in [-0.2, -0.15) is 0 Å². The molecule has 136 valence electrons. The molecule has 1 aromatic carbocycles. The molecule has 26 heavy (non-hydrogen) atoms. The molecule has 0 saturated carbocycles. The number of piperidine rings is 1. The van der Waals surface area contributed by atoms with E-state index in [0.29, 0.717) is 5.13 Å². The van der Waals surface area contributed by atoms with E-state index in [-0.39, 0.29) is 5.41 Å². The van der Waals surface area contributed by atoms with Gasteiger partial charge in [0.05, 0.1) is 17.7 Å². The zero-order valence-corrected chi connectivity index (χ0v) is 16.0. The molecule has 0 atom stereocenters. The van der Waals surface area contributed by atoms with Crippen molar-refractivity contribution in [1.29, 1.82) is 0 Å². The summed E-state index contributed by atoms with van der Waals surface area (Å²) < 4.78 is 2.13. The number of hydrogen-bond acceptors (Lipinski definition) is 5. The van der Waals surface area contributed by atoms with Crippen molar-refractivity contribution in [3.63, 3.8) is 0 Å². The predicted octanol–water partition coefficient (Wildman–Crippen LogP) is 3.52. The quantitative estimate of drug-likeness (QED) is 0.749. The summed E-state index contributed by atoms with van der Waals surface area (Å²) in [5.41, 5.74) is 9.54. The SMILES string of the molecule is CCn1cnc(CN2CCC(c3ccccc3)(c3csc(N)n3)CC2)c1. The standard InChI is InChI=1S/C20H25N5S/c1-2-24-12-17(22-15-24)13-25-10-8-20(9-11-25,16-6-4-3-5-7-16)18-14-26-19(21)23-18/h3-7,12,14-15H,2,8-11,13H2,1H3,(H2,21,23). The van der Waals surface area contributed by atoms with Gasteiger partial charge in [-0.1, -0.05) is 30.3 Å². The Morgan fingerprint density at radius 3 is 2.58 bits per heavy atom. The maximum absolute atomic E-state index is 5.95. The van der Waals surface area contributed by atoms with Crippen molar-refractivity contribution in [3.05, 3.63) is 65.2 Å². The molecule has 1 fully saturated rings. The summed E-state index contributed by atoms with van der Waals surface area (Å²) in [4.78, 5) is 11.7. The number of anilines is 1. The summed E-state index contributed by atoms with van der Waals surface area (Å²) in [5.74, 6) is 0. The second-order valence-electron chi connectivity index (χ2n) is 6.99. The third kappa shape index (κ3) is 3.27. The van der Waals surface area contributed by atoms with Crippen molar-refractivity contribution in [2.45, 2.75) is 38.3 Å². The van der Waals surface area contributed by atoms with Gasteiger partial charge in [-0.05, 0) is 38.4 Å². The Morgan fingerprint density at radius 2 is 1.96 bits per heavy atom. The Kier molecular flexibility index (Phi) is 4.78. The predicted molar refractivity (Wildman–Crippen MR) is 106 cm³/mol. The molecule has 4 rings (SSSR count). The molecular weight excluding hydrogens is 342 g/mol. The normalized spacial score (nSPS) is 17.4. The van der Waals surface area contributed by atoms with Crippen LogP contribution in [-0.4, -0.2) is 32.5 Å². The van der Waals surface area contributed by atoms with Gasteiger partial charge in [0.15, 0.2) is 5.13 Å². The van der Waals surface area contributed by atoms with Gasteiger partial charge in [0, 0.05) is 30.1 Å². The first kappa shape index (κ1) is 17.2. The zero-order chi connectivity index (χ0) is 18.0. The summed E-state index contributed by atoms with van der Waals surface area (Å²) in [7, 11) is 0. The lowest BCUT2D eigenvalue weighted by molar-refractivity contribution is 0.169. The summed E-state index contributed by atoms with van der Waals surface area (Å²) >= 11 is 1.54. The van der Waals surface area contributed by atoms with Crippen LogP contribution in [0.2, 0.25) is 0 Å². The largest absolute Gasteiger partial charge is 0.375 e. The topological polar surface area (TPSA) is 60.0 Å². The number of aryl methyl sites for hydroxylation is 1. The molecule has 5 nitrogen and oxygen atoms in total. The van der Waals surface area contributed by atoms with E-state index in [9.17, 15) is 0 Å². The fraction of sp³-hybridized carbons (Fsp3) is 0.400. The number of nitrogen functional groups attached to an aromatic ring is 1. The van der Waals surface area contributed by atoms with E-state index in [1.54, 1.807) is 11.3 Å². The summed E-state index contributed by atoms with van der Waals surface area (Å²) in [6.45, 7) is 6.09. The molecule has 0 spiro atoms. The summed E-state index contributed by atoms with van der Waals surface area (Å²) in [6.07, 6.45) is 6.18. The number of imidazole rings is 1. The highest BCUT2D eigenvalue weighted by Crippen LogP contribution is 2.42. The van der Waals surface area contributed by atoms with Crippen LogP contribution in [0.15, 0.2) is 48.2 Å². The first-order valence-electron chi connectivity index (χ1n) is 9.19. The lowest BCUT2D eigenvalue weighted by Crippen LogP contribution is -2.43. The van der Waals surface area contributed by atoms with E-state index >= 15 is 0 Å². The second kappa shape index (κ2) is 7.21. The maximum atomic E-state index is 5.95. The molecular formula is C20H25N5S. The van der Waals surface area contributed by atoms with E-state index in [2.05, 4.69) is 68.3 Å². The Bertz CT molecular complexity index is 846. The van der Waals surface area contributed by atoms with Crippen LogP contribution in [0, 0.1) is 0 Å². The summed E-state index contributed by atoms with van der Waals surface area (Å²) in [6, 6.07) is 10.8. The number of nitrogens with two attached hydrogens (primary N) is 1. The highest BCUT2D eigenvalue weighted by molar-refractivity contribution is 7.13. The first-order chi connectivity index (χ1) is 12.7. The van der Waals surface area contributed by atoms with Gasteiger partial charge in [0.2, 0.25) is 0 Å². The van der Waals surface area contributed by atoms with E-state index < -0.39 is 0 Å². The maximum Gasteiger partial charge on any atom is 0.180 e. The number of likely N-dealkylation sites (tertiary alicyclic amines) is 1. The number of rotatable bonds is 5. The van der Waals surface area contributed by atoms with Gasteiger partial charge in [-0.25, -0.2) is 9.97 Å². The molecule has 2 N–H and O–H groups in total. The number of nitrogens with zero attached hydrogens (tertiary/aromatic N) is 4. The van der Waals surface area contributed by atoms with Crippen LogP contribution in [0.25, 0.3) is 0 Å². The van der Waals surface area contributed by atoms with Gasteiger partial charge >= 0.3 is 0 Å². The van der Waals surface area contributed by atoms with Crippen LogP contribution in [0.1, 0.15) is 36.7 Å². The van der Waals surface area contributed by atoms with E-state index in [4.69, 9.17) is 5.73 Å². The van der Waals surface area contributed by atoms with Crippen molar-refractivity contribution in [3.8, 4) is 0 Å². The molecule has 2 aromatic heterocycles. The molecule has 0 aliphatic carbocycles. The molecule has 6 heteroatoms. The minimum atomic E-state index is -0.0331. The van der Waals surface area contributed by atoms with Crippen molar-refractivity contribution >= 4 is 16.5 Å². The number of hydrogen-bond donors (Lipinski definition) is 1. The second-order valence-corrected chi connectivity index (χ2v) is 7.88. The molecule has 1 aliphatic rings. The van der Waals surface area contributed by atoms with Crippen LogP contribution >= 0.6 is 11.3 Å². The smallest absolute Gasteiger partial charge is 0.180 e. The highest BCUT2D eigenvalue weighted by Gasteiger charge is 2.39. The Labute approximate surface area is 158 Å². The van der Waals surface area contributed by atoms with Gasteiger partial charge in [0.25, 0.3) is 0 Å². The van der Waals surface area contributed by atoms with Crippen molar-refractivity contribution in [2.24, 2.45) is 0 Å². The number of benzene rings is 1.